The Morgan fingerprint density at radius 1 is 1.29 bits per heavy atom. The molecule has 1 saturated carbocycles. The molecule has 0 radical (unpaired) electrons. The number of rotatable bonds is 6. The van der Waals surface area contributed by atoms with Crippen LogP contribution in [-0.2, 0) is 4.79 Å². The van der Waals surface area contributed by atoms with E-state index in [1.165, 1.54) is 25.7 Å². The summed E-state index contributed by atoms with van der Waals surface area (Å²) >= 11 is 0. The summed E-state index contributed by atoms with van der Waals surface area (Å²) in [5.41, 5.74) is 5.72. The van der Waals surface area contributed by atoms with E-state index in [1.807, 2.05) is 18.9 Å². The number of carbonyl (C=O) groups excluding carboxylic acids is 1. The van der Waals surface area contributed by atoms with E-state index in [0.717, 1.165) is 19.3 Å². The van der Waals surface area contributed by atoms with Gasteiger partial charge in [-0.05, 0) is 32.6 Å². The van der Waals surface area contributed by atoms with E-state index in [0.29, 0.717) is 11.9 Å². The van der Waals surface area contributed by atoms with Gasteiger partial charge in [0.25, 0.3) is 0 Å². The highest BCUT2D eigenvalue weighted by molar-refractivity contribution is 5.78. The molecule has 3 heteroatoms. The zero-order valence-electron chi connectivity index (χ0n) is 11.6. The van der Waals surface area contributed by atoms with E-state index in [-0.39, 0.29) is 12.0 Å². The summed E-state index contributed by atoms with van der Waals surface area (Å²) in [5.74, 6) is 0.473. The summed E-state index contributed by atoms with van der Waals surface area (Å²) in [6, 6.07) is 0.753. The number of amides is 1. The Hall–Kier alpha value is -0.570. The van der Waals surface area contributed by atoms with Gasteiger partial charge in [-0.1, -0.05) is 26.2 Å². The molecule has 0 aliphatic heterocycles. The first-order valence-electron chi connectivity index (χ1n) is 7.04. The fourth-order valence-corrected chi connectivity index (χ4v) is 2.69. The zero-order valence-corrected chi connectivity index (χ0v) is 11.6. The summed E-state index contributed by atoms with van der Waals surface area (Å²) in [7, 11) is 1.97. The second kappa shape index (κ2) is 7.00. The highest BCUT2D eigenvalue weighted by Gasteiger charge is 2.26. The lowest BCUT2D eigenvalue weighted by Gasteiger charge is -2.27. The molecule has 2 atom stereocenters. The Morgan fingerprint density at radius 3 is 2.41 bits per heavy atom. The van der Waals surface area contributed by atoms with Crippen LogP contribution < -0.4 is 5.73 Å². The number of carbonyl (C=O) groups is 1. The molecule has 0 saturated heterocycles. The molecule has 2 unspecified atom stereocenters. The lowest BCUT2D eigenvalue weighted by atomic mass is 10.00. The third-order valence-electron chi connectivity index (χ3n) is 3.94. The monoisotopic (exact) mass is 240 g/mol. The largest absolute Gasteiger partial charge is 0.343 e. The Labute approximate surface area is 106 Å². The van der Waals surface area contributed by atoms with E-state index in [9.17, 15) is 4.79 Å². The van der Waals surface area contributed by atoms with Gasteiger partial charge in [0, 0.05) is 25.0 Å². The van der Waals surface area contributed by atoms with Gasteiger partial charge in [-0.2, -0.15) is 0 Å². The van der Waals surface area contributed by atoms with E-state index < -0.39 is 0 Å². The molecular formula is C14H28N2O. The first-order valence-corrected chi connectivity index (χ1v) is 7.04. The Morgan fingerprint density at radius 2 is 1.88 bits per heavy atom. The number of hydrogen-bond donors (Lipinski definition) is 1. The van der Waals surface area contributed by atoms with Gasteiger partial charge < -0.3 is 10.6 Å². The van der Waals surface area contributed by atoms with E-state index >= 15 is 0 Å². The van der Waals surface area contributed by atoms with Gasteiger partial charge in [-0.25, -0.2) is 0 Å². The molecule has 0 spiro atoms. The smallest absolute Gasteiger partial charge is 0.225 e. The highest BCUT2D eigenvalue weighted by atomic mass is 16.2. The number of nitrogens with two attached hydrogens (primary N) is 1. The topological polar surface area (TPSA) is 46.3 Å². The molecule has 0 aromatic carbocycles. The van der Waals surface area contributed by atoms with Crippen LogP contribution in [0.3, 0.4) is 0 Å². The highest BCUT2D eigenvalue weighted by Crippen LogP contribution is 2.24. The van der Waals surface area contributed by atoms with Crippen LogP contribution in [0.1, 0.15) is 58.8 Å². The van der Waals surface area contributed by atoms with Gasteiger partial charge in [0.2, 0.25) is 5.91 Å². The molecule has 0 bridgehead atoms. The average molecular weight is 240 g/mol. The van der Waals surface area contributed by atoms with Gasteiger partial charge in [0.05, 0.1) is 0 Å². The molecule has 17 heavy (non-hydrogen) atoms. The normalized spacial score (nSPS) is 20.2. The quantitative estimate of drug-likeness (QED) is 0.775. The fourth-order valence-electron chi connectivity index (χ4n) is 2.69. The van der Waals surface area contributed by atoms with Crippen LogP contribution in [0.15, 0.2) is 0 Å². The van der Waals surface area contributed by atoms with E-state index in [2.05, 4.69) is 6.92 Å². The molecule has 0 heterocycles. The second-order valence-electron chi connectivity index (χ2n) is 5.70. The minimum Gasteiger partial charge on any atom is -0.343 e. The molecule has 1 aliphatic carbocycles. The third-order valence-corrected chi connectivity index (χ3v) is 3.94. The molecule has 100 valence electrons. The third kappa shape index (κ3) is 4.66. The average Bonchev–Trinajstić information content (AvgIpc) is 2.79. The molecule has 1 rings (SSSR count). The standard InChI is InChI=1S/C14H28N2O/c1-11(7-6-8-12(2)15)14(17)16(3)13-9-4-5-10-13/h11-13H,4-10,15H2,1-3H3. The Kier molecular flexibility index (Phi) is 5.96. The van der Waals surface area contributed by atoms with Crippen molar-refractivity contribution in [2.45, 2.75) is 70.9 Å². The van der Waals surface area contributed by atoms with Crippen LogP contribution in [0.5, 0.6) is 0 Å². The first kappa shape index (κ1) is 14.5. The maximum atomic E-state index is 12.2. The zero-order chi connectivity index (χ0) is 12.8. The van der Waals surface area contributed by atoms with Crippen LogP contribution in [0.2, 0.25) is 0 Å². The first-order chi connectivity index (χ1) is 8.02. The maximum absolute atomic E-state index is 12.2. The van der Waals surface area contributed by atoms with Crippen molar-refractivity contribution in [2.24, 2.45) is 11.7 Å². The van der Waals surface area contributed by atoms with Crippen molar-refractivity contribution in [3.63, 3.8) is 0 Å². The lowest BCUT2D eigenvalue weighted by molar-refractivity contribution is -0.135. The number of hydrogen-bond acceptors (Lipinski definition) is 2. The minimum absolute atomic E-state index is 0.152. The molecule has 0 aromatic rings. The van der Waals surface area contributed by atoms with Gasteiger partial charge >= 0.3 is 0 Å². The number of nitrogens with zero attached hydrogens (tertiary/aromatic N) is 1. The van der Waals surface area contributed by atoms with Crippen LogP contribution in [-0.4, -0.2) is 29.9 Å². The van der Waals surface area contributed by atoms with Crippen LogP contribution in [0.4, 0.5) is 0 Å². The van der Waals surface area contributed by atoms with Crippen LogP contribution in [0.25, 0.3) is 0 Å². The van der Waals surface area contributed by atoms with Gasteiger partial charge in [-0.3, -0.25) is 4.79 Å². The van der Waals surface area contributed by atoms with Crippen LogP contribution in [0, 0.1) is 5.92 Å². The van der Waals surface area contributed by atoms with Crippen molar-refractivity contribution < 1.29 is 4.79 Å². The van der Waals surface area contributed by atoms with Gasteiger partial charge in [-0.15, -0.1) is 0 Å². The summed E-state index contributed by atoms with van der Waals surface area (Å²) < 4.78 is 0. The Balaban J connectivity index is 2.29. The van der Waals surface area contributed by atoms with Crippen molar-refractivity contribution in [3.05, 3.63) is 0 Å². The maximum Gasteiger partial charge on any atom is 0.225 e. The lowest BCUT2D eigenvalue weighted by Crippen LogP contribution is -2.38. The van der Waals surface area contributed by atoms with E-state index in [1.54, 1.807) is 0 Å². The van der Waals surface area contributed by atoms with Crippen LogP contribution >= 0.6 is 0 Å². The van der Waals surface area contributed by atoms with Crippen molar-refractivity contribution in [3.8, 4) is 0 Å². The predicted molar refractivity (Wildman–Crippen MR) is 71.7 cm³/mol. The molecular weight excluding hydrogens is 212 g/mol. The van der Waals surface area contributed by atoms with Crippen molar-refractivity contribution >= 4 is 5.91 Å². The molecule has 3 nitrogen and oxygen atoms in total. The summed E-state index contributed by atoms with van der Waals surface area (Å²) in [4.78, 5) is 14.2. The summed E-state index contributed by atoms with van der Waals surface area (Å²) in [5, 5.41) is 0. The molecule has 1 amide bonds. The van der Waals surface area contributed by atoms with E-state index in [4.69, 9.17) is 5.73 Å². The minimum atomic E-state index is 0.152. The summed E-state index contributed by atoms with van der Waals surface area (Å²) in [6.07, 6.45) is 7.98. The predicted octanol–water partition coefficient (Wildman–Crippen LogP) is 2.54. The molecule has 0 aromatic heterocycles. The second-order valence-corrected chi connectivity index (χ2v) is 5.70. The van der Waals surface area contributed by atoms with Gasteiger partial charge in [0.15, 0.2) is 0 Å². The van der Waals surface area contributed by atoms with Crippen molar-refractivity contribution in [2.75, 3.05) is 7.05 Å². The molecule has 1 aliphatic rings. The van der Waals surface area contributed by atoms with Crippen molar-refractivity contribution in [1.82, 2.24) is 4.90 Å². The molecule has 1 fully saturated rings. The fraction of sp³-hybridized carbons (Fsp3) is 0.929. The molecule has 2 N–H and O–H groups in total. The summed E-state index contributed by atoms with van der Waals surface area (Å²) in [6.45, 7) is 4.08. The van der Waals surface area contributed by atoms with Gasteiger partial charge in [0.1, 0.15) is 0 Å². The van der Waals surface area contributed by atoms with Crippen molar-refractivity contribution in [1.29, 1.82) is 0 Å². The SMILES string of the molecule is CC(N)CCCC(C)C(=O)N(C)C1CCCC1. The Bertz CT molecular complexity index is 234.